The Balaban J connectivity index is 2.70. The van der Waals surface area contributed by atoms with E-state index >= 15 is 0 Å². The van der Waals surface area contributed by atoms with Crippen molar-refractivity contribution in [2.45, 2.75) is 31.0 Å². The molecule has 0 aliphatic carbocycles. The van der Waals surface area contributed by atoms with Crippen molar-refractivity contribution in [3.63, 3.8) is 0 Å². The molecule has 0 unspecified atom stereocenters. The number of rotatable bonds is 9. The topological polar surface area (TPSA) is 67.4 Å². The van der Waals surface area contributed by atoms with Crippen LogP contribution in [0.1, 0.15) is 23.8 Å². The van der Waals surface area contributed by atoms with E-state index in [0.29, 0.717) is 17.4 Å². The first-order valence-corrected chi connectivity index (χ1v) is 8.60. The lowest BCUT2D eigenvalue weighted by atomic mass is 10.3. The van der Waals surface area contributed by atoms with Gasteiger partial charge in [0, 0.05) is 25.1 Å². The monoisotopic (exact) mass is 306 g/mol. The van der Waals surface area contributed by atoms with Crippen molar-refractivity contribution in [2.75, 3.05) is 26.8 Å². The Hall–Kier alpha value is -0.470. The van der Waals surface area contributed by atoms with Gasteiger partial charge in [-0.25, -0.2) is 13.1 Å². The van der Waals surface area contributed by atoms with Gasteiger partial charge in [0.25, 0.3) is 0 Å². The zero-order chi connectivity index (χ0) is 14.3. The molecule has 110 valence electrons. The molecular weight excluding hydrogens is 284 g/mol. The van der Waals surface area contributed by atoms with Gasteiger partial charge < -0.3 is 10.1 Å². The molecule has 0 spiro atoms. The van der Waals surface area contributed by atoms with Crippen LogP contribution in [0.5, 0.6) is 0 Å². The third kappa shape index (κ3) is 5.19. The Morgan fingerprint density at radius 2 is 2.11 bits per heavy atom. The van der Waals surface area contributed by atoms with E-state index in [4.69, 9.17) is 4.74 Å². The lowest BCUT2D eigenvalue weighted by Crippen LogP contribution is -2.26. The number of aryl methyl sites for hydroxylation is 1. The molecule has 0 fully saturated rings. The molecule has 0 amide bonds. The number of hydrogen-bond donors (Lipinski definition) is 2. The second-order valence-electron chi connectivity index (χ2n) is 4.24. The minimum absolute atomic E-state index is 0.291. The van der Waals surface area contributed by atoms with Gasteiger partial charge in [0.05, 0.1) is 6.61 Å². The van der Waals surface area contributed by atoms with Crippen LogP contribution in [-0.4, -0.2) is 35.2 Å². The molecule has 1 aromatic heterocycles. The largest absolute Gasteiger partial charge is 0.383 e. The molecule has 5 nitrogen and oxygen atoms in total. The van der Waals surface area contributed by atoms with E-state index < -0.39 is 10.0 Å². The Morgan fingerprint density at radius 3 is 2.74 bits per heavy atom. The van der Waals surface area contributed by atoms with Crippen molar-refractivity contribution >= 4 is 21.4 Å². The van der Waals surface area contributed by atoms with Gasteiger partial charge in [0.15, 0.2) is 0 Å². The van der Waals surface area contributed by atoms with E-state index in [1.54, 1.807) is 13.2 Å². The molecule has 0 aliphatic heterocycles. The number of sulfonamides is 1. The SMILES string of the molecule is CCCNCc1sc(S(=O)(=O)NCCOC)cc1C. The average Bonchev–Trinajstić information content (AvgIpc) is 2.72. The molecular formula is C12H22N2O3S2. The van der Waals surface area contributed by atoms with E-state index in [1.807, 2.05) is 6.92 Å². The van der Waals surface area contributed by atoms with Crippen LogP contribution in [0, 0.1) is 6.92 Å². The Bertz CT molecular complexity index is 483. The Morgan fingerprint density at radius 1 is 1.37 bits per heavy atom. The van der Waals surface area contributed by atoms with Crippen molar-refractivity contribution in [3.8, 4) is 0 Å². The van der Waals surface area contributed by atoms with Gasteiger partial charge >= 0.3 is 0 Å². The molecule has 1 aromatic rings. The van der Waals surface area contributed by atoms with E-state index in [0.717, 1.165) is 30.0 Å². The minimum atomic E-state index is -3.40. The van der Waals surface area contributed by atoms with Crippen LogP contribution >= 0.6 is 11.3 Å². The molecule has 0 bridgehead atoms. The second-order valence-corrected chi connectivity index (χ2v) is 7.37. The van der Waals surface area contributed by atoms with Crippen LogP contribution in [0.15, 0.2) is 10.3 Å². The summed E-state index contributed by atoms with van der Waals surface area (Å²) in [6.07, 6.45) is 1.06. The molecule has 0 saturated carbocycles. The predicted octanol–water partition coefficient (Wildman–Crippen LogP) is 1.48. The normalized spacial score (nSPS) is 11.9. The zero-order valence-corrected chi connectivity index (χ0v) is 13.3. The van der Waals surface area contributed by atoms with Gasteiger partial charge in [-0.05, 0) is 31.5 Å². The van der Waals surface area contributed by atoms with Gasteiger partial charge in [-0.2, -0.15) is 0 Å². The molecule has 2 N–H and O–H groups in total. The fourth-order valence-electron chi connectivity index (χ4n) is 1.52. The summed E-state index contributed by atoms with van der Waals surface area (Å²) in [6, 6.07) is 1.72. The fraction of sp³-hybridized carbons (Fsp3) is 0.667. The molecule has 0 atom stereocenters. The summed E-state index contributed by atoms with van der Waals surface area (Å²) in [4.78, 5) is 1.07. The first-order valence-electron chi connectivity index (χ1n) is 6.30. The third-order valence-corrected chi connectivity index (χ3v) is 5.75. The molecule has 1 rings (SSSR count). The highest BCUT2D eigenvalue weighted by Crippen LogP contribution is 2.25. The lowest BCUT2D eigenvalue weighted by molar-refractivity contribution is 0.204. The highest BCUT2D eigenvalue weighted by Gasteiger charge is 2.18. The minimum Gasteiger partial charge on any atom is -0.383 e. The summed E-state index contributed by atoms with van der Waals surface area (Å²) >= 11 is 1.32. The maximum absolute atomic E-state index is 12.0. The highest BCUT2D eigenvalue weighted by atomic mass is 32.2. The summed E-state index contributed by atoms with van der Waals surface area (Å²) in [5.74, 6) is 0. The molecule has 0 radical (unpaired) electrons. The number of ether oxygens (including phenoxy) is 1. The summed E-state index contributed by atoms with van der Waals surface area (Å²) < 4.78 is 31.8. The van der Waals surface area contributed by atoms with Crippen LogP contribution in [0.3, 0.4) is 0 Å². The molecule has 7 heteroatoms. The molecule has 0 aromatic carbocycles. The van der Waals surface area contributed by atoms with E-state index in [-0.39, 0.29) is 0 Å². The van der Waals surface area contributed by atoms with Crippen molar-refractivity contribution < 1.29 is 13.2 Å². The summed E-state index contributed by atoms with van der Waals surface area (Å²) in [7, 11) is -1.86. The number of thiophene rings is 1. The first kappa shape index (κ1) is 16.6. The first-order chi connectivity index (χ1) is 9.01. The molecule has 1 heterocycles. The predicted molar refractivity (Wildman–Crippen MR) is 78.1 cm³/mol. The van der Waals surface area contributed by atoms with Gasteiger partial charge in [-0.15, -0.1) is 11.3 Å². The third-order valence-electron chi connectivity index (χ3n) is 2.57. The van der Waals surface area contributed by atoms with Crippen LogP contribution in [0.4, 0.5) is 0 Å². The van der Waals surface area contributed by atoms with Crippen LogP contribution in [-0.2, 0) is 21.3 Å². The van der Waals surface area contributed by atoms with E-state index in [2.05, 4.69) is 17.0 Å². The van der Waals surface area contributed by atoms with Crippen LogP contribution in [0.2, 0.25) is 0 Å². The summed E-state index contributed by atoms with van der Waals surface area (Å²) in [5, 5.41) is 3.28. The maximum Gasteiger partial charge on any atom is 0.250 e. The summed E-state index contributed by atoms with van der Waals surface area (Å²) in [5.41, 5.74) is 1.01. The fourth-order valence-corrected chi connectivity index (χ4v) is 4.14. The average molecular weight is 306 g/mol. The quantitative estimate of drug-likeness (QED) is 0.678. The van der Waals surface area contributed by atoms with E-state index in [9.17, 15) is 8.42 Å². The Kier molecular flexibility index (Phi) is 6.95. The number of methoxy groups -OCH3 is 1. The molecule has 0 saturated heterocycles. The van der Waals surface area contributed by atoms with Gasteiger partial charge in [0.2, 0.25) is 10.0 Å². The van der Waals surface area contributed by atoms with Gasteiger partial charge in [0.1, 0.15) is 4.21 Å². The van der Waals surface area contributed by atoms with Crippen molar-refractivity contribution in [3.05, 3.63) is 16.5 Å². The van der Waals surface area contributed by atoms with Crippen molar-refractivity contribution in [1.29, 1.82) is 0 Å². The van der Waals surface area contributed by atoms with E-state index in [1.165, 1.54) is 11.3 Å². The van der Waals surface area contributed by atoms with Gasteiger partial charge in [-0.3, -0.25) is 0 Å². The standard InChI is InChI=1S/C12H22N2O3S2/c1-4-5-13-9-11-10(2)8-12(18-11)19(15,16)14-6-7-17-3/h8,13-14H,4-7,9H2,1-3H3. The smallest absolute Gasteiger partial charge is 0.250 e. The summed E-state index contributed by atoms with van der Waals surface area (Å²) in [6.45, 7) is 6.36. The second kappa shape index (κ2) is 7.96. The molecule has 19 heavy (non-hydrogen) atoms. The number of hydrogen-bond acceptors (Lipinski definition) is 5. The Labute approximate surface area is 119 Å². The number of nitrogens with one attached hydrogen (secondary N) is 2. The van der Waals surface area contributed by atoms with Gasteiger partial charge in [-0.1, -0.05) is 6.92 Å². The molecule has 0 aliphatic rings. The van der Waals surface area contributed by atoms with Crippen molar-refractivity contribution in [1.82, 2.24) is 10.0 Å². The van der Waals surface area contributed by atoms with Crippen LogP contribution in [0.25, 0.3) is 0 Å². The van der Waals surface area contributed by atoms with Crippen molar-refractivity contribution in [2.24, 2.45) is 0 Å². The lowest BCUT2D eigenvalue weighted by Gasteiger charge is -2.03. The maximum atomic E-state index is 12.0. The zero-order valence-electron chi connectivity index (χ0n) is 11.7. The van der Waals surface area contributed by atoms with Crippen LogP contribution < -0.4 is 10.0 Å². The highest BCUT2D eigenvalue weighted by molar-refractivity contribution is 7.91.